The van der Waals surface area contributed by atoms with E-state index in [1.54, 1.807) is 23.1 Å². The van der Waals surface area contributed by atoms with Gasteiger partial charge in [0.15, 0.2) is 5.16 Å². The molecular weight excluding hydrogens is 310 g/mol. The third-order valence-electron chi connectivity index (χ3n) is 4.04. The summed E-state index contributed by atoms with van der Waals surface area (Å²) in [5, 5.41) is 12.1. The maximum atomic E-state index is 4.50. The molecule has 0 bridgehead atoms. The summed E-state index contributed by atoms with van der Waals surface area (Å²) in [7, 11) is 0. The van der Waals surface area contributed by atoms with Gasteiger partial charge in [-0.05, 0) is 31.2 Å². The van der Waals surface area contributed by atoms with E-state index in [0.29, 0.717) is 6.04 Å². The molecule has 1 aliphatic rings. The minimum atomic E-state index is 0.566. The average molecular weight is 332 g/mol. The monoisotopic (exact) mass is 331 g/mol. The fraction of sp³-hybridized carbons (Fsp3) is 0.529. The largest absolute Gasteiger partial charge is 0.303 e. The zero-order chi connectivity index (χ0) is 15.2. The summed E-state index contributed by atoms with van der Waals surface area (Å²) in [4.78, 5) is 1.36. The molecule has 3 nitrogen and oxygen atoms in total. The van der Waals surface area contributed by atoms with E-state index in [9.17, 15) is 0 Å². The first-order valence-electron chi connectivity index (χ1n) is 7.87. The Hall–Kier alpha value is -1.25. The molecule has 0 N–H and O–H groups in total. The van der Waals surface area contributed by atoms with Crippen LogP contribution in [0.5, 0.6) is 0 Å². The van der Waals surface area contributed by atoms with E-state index in [4.69, 9.17) is 0 Å². The summed E-state index contributed by atoms with van der Waals surface area (Å²) in [5.41, 5.74) is 0. The van der Waals surface area contributed by atoms with Gasteiger partial charge in [-0.1, -0.05) is 43.0 Å². The highest BCUT2D eigenvalue weighted by atomic mass is 32.2. The lowest BCUT2D eigenvalue weighted by Crippen LogP contribution is -2.16. The van der Waals surface area contributed by atoms with Crippen LogP contribution in [0.15, 0.2) is 22.7 Å². The van der Waals surface area contributed by atoms with Gasteiger partial charge >= 0.3 is 0 Å². The fourth-order valence-electron chi connectivity index (χ4n) is 2.97. The second-order valence-electron chi connectivity index (χ2n) is 5.53. The summed E-state index contributed by atoms with van der Waals surface area (Å²) >= 11 is 3.51. The average Bonchev–Trinajstić information content (AvgIpc) is 3.19. The Bertz CT molecular complexity index is 643. The van der Waals surface area contributed by atoms with Gasteiger partial charge < -0.3 is 4.57 Å². The zero-order valence-corrected chi connectivity index (χ0v) is 14.6. The Morgan fingerprint density at radius 3 is 2.91 bits per heavy atom. The van der Waals surface area contributed by atoms with Crippen LogP contribution in [0.25, 0.3) is 0 Å². The molecule has 0 unspecified atom stereocenters. The molecule has 0 atom stereocenters. The number of thioether (sulfide) groups is 1. The van der Waals surface area contributed by atoms with Crippen LogP contribution < -0.4 is 0 Å². The molecule has 0 aliphatic heterocycles. The molecule has 0 spiro atoms. The van der Waals surface area contributed by atoms with Gasteiger partial charge in [-0.3, -0.25) is 0 Å². The maximum absolute atomic E-state index is 4.50. The fourth-order valence-corrected chi connectivity index (χ4v) is 4.51. The summed E-state index contributed by atoms with van der Waals surface area (Å²) < 4.78 is 2.40. The molecule has 2 aromatic heterocycles. The number of hydrogen-bond donors (Lipinski definition) is 0. The maximum Gasteiger partial charge on any atom is 0.192 e. The van der Waals surface area contributed by atoms with Crippen LogP contribution in [0.1, 0.15) is 55.8 Å². The molecule has 1 fully saturated rings. The highest BCUT2D eigenvalue weighted by Crippen LogP contribution is 2.33. The molecule has 1 aliphatic carbocycles. The lowest BCUT2D eigenvalue weighted by Gasteiger charge is -2.25. The first-order valence-corrected chi connectivity index (χ1v) is 9.73. The topological polar surface area (TPSA) is 30.7 Å². The van der Waals surface area contributed by atoms with Gasteiger partial charge in [-0.25, -0.2) is 0 Å². The van der Waals surface area contributed by atoms with Crippen molar-refractivity contribution in [2.75, 3.05) is 5.75 Å². The minimum absolute atomic E-state index is 0.566. The van der Waals surface area contributed by atoms with Gasteiger partial charge in [-0.2, -0.15) is 0 Å². The molecule has 3 rings (SSSR count). The van der Waals surface area contributed by atoms with Gasteiger partial charge in [0, 0.05) is 17.3 Å². The minimum Gasteiger partial charge on any atom is -0.303 e. The van der Waals surface area contributed by atoms with E-state index >= 15 is 0 Å². The van der Waals surface area contributed by atoms with Gasteiger partial charge in [0.1, 0.15) is 5.82 Å². The van der Waals surface area contributed by atoms with Crippen molar-refractivity contribution in [1.82, 2.24) is 14.8 Å². The van der Waals surface area contributed by atoms with Crippen molar-refractivity contribution in [3.63, 3.8) is 0 Å². The first kappa shape index (κ1) is 15.6. The number of rotatable bonds is 5. The van der Waals surface area contributed by atoms with Crippen LogP contribution >= 0.6 is 23.1 Å². The van der Waals surface area contributed by atoms with Crippen molar-refractivity contribution in [2.24, 2.45) is 0 Å². The normalized spacial score (nSPS) is 15.5. The van der Waals surface area contributed by atoms with Crippen molar-refractivity contribution in [3.8, 4) is 11.8 Å². The van der Waals surface area contributed by atoms with Gasteiger partial charge in [0.05, 0.1) is 5.75 Å². The predicted molar refractivity (Wildman–Crippen MR) is 93.4 cm³/mol. The number of aromatic nitrogens is 3. The van der Waals surface area contributed by atoms with Gasteiger partial charge in [0.25, 0.3) is 0 Å². The van der Waals surface area contributed by atoms with Crippen LogP contribution in [0.3, 0.4) is 0 Å². The van der Waals surface area contributed by atoms with E-state index < -0.39 is 0 Å². The van der Waals surface area contributed by atoms with E-state index in [0.717, 1.165) is 23.2 Å². The first-order chi connectivity index (χ1) is 10.9. The molecule has 0 amide bonds. The molecule has 2 aromatic rings. The third-order valence-corrected chi connectivity index (χ3v) is 5.74. The summed E-state index contributed by atoms with van der Waals surface area (Å²) in [6.07, 6.45) is 7.40. The van der Waals surface area contributed by atoms with Crippen molar-refractivity contribution >= 4 is 23.1 Å². The van der Waals surface area contributed by atoms with Crippen molar-refractivity contribution in [1.29, 1.82) is 0 Å². The molecule has 1 saturated carbocycles. The second-order valence-corrected chi connectivity index (χ2v) is 7.51. The molecular formula is C17H21N3S2. The zero-order valence-electron chi connectivity index (χ0n) is 12.9. The van der Waals surface area contributed by atoms with Crippen molar-refractivity contribution < 1.29 is 0 Å². The molecule has 116 valence electrons. The van der Waals surface area contributed by atoms with Crippen LogP contribution in [0.2, 0.25) is 0 Å². The molecule has 5 heteroatoms. The van der Waals surface area contributed by atoms with Gasteiger partial charge in [-0.15, -0.1) is 27.5 Å². The van der Waals surface area contributed by atoms with Crippen molar-refractivity contribution in [3.05, 3.63) is 28.2 Å². The predicted octanol–water partition coefficient (Wildman–Crippen LogP) is 4.55. The SMILES string of the molecule is CC#CCSc1nnc(Cc2cccs2)n1C1CCCCC1. The Morgan fingerprint density at radius 2 is 2.18 bits per heavy atom. The van der Waals surface area contributed by atoms with Crippen LogP contribution in [0, 0.1) is 11.8 Å². The van der Waals surface area contributed by atoms with Crippen LogP contribution in [-0.2, 0) is 6.42 Å². The van der Waals surface area contributed by atoms with E-state index in [-0.39, 0.29) is 0 Å². The lowest BCUT2D eigenvalue weighted by atomic mass is 9.95. The number of thiophene rings is 1. The molecule has 0 saturated heterocycles. The standard InChI is InChI=1S/C17H21N3S2/c1-2-3-11-22-17-19-18-16(13-15-10-7-12-21-15)20(17)14-8-5-4-6-9-14/h7,10,12,14H,4-6,8-9,11,13H2,1H3. The molecule has 2 heterocycles. The summed E-state index contributed by atoms with van der Waals surface area (Å²) in [6.45, 7) is 1.88. The highest BCUT2D eigenvalue weighted by Gasteiger charge is 2.23. The van der Waals surface area contributed by atoms with Crippen molar-refractivity contribution in [2.45, 2.75) is 56.6 Å². The Morgan fingerprint density at radius 1 is 1.32 bits per heavy atom. The number of hydrogen-bond acceptors (Lipinski definition) is 4. The number of nitrogens with zero attached hydrogens (tertiary/aromatic N) is 3. The molecule has 0 radical (unpaired) electrons. The van der Waals surface area contributed by atoms with Crippen LogP contribution in [0.4, 0.5) is 0 Å². The molecule has 22 heavy (non-hydrogen) atoms. The van der Waals surface area contributed by atoms with Gasteiger partial charge in [0.2, 0.25) is 0 Å². The smallest absolute Gasteiger partial charge is 0.192 e. The Labute approximate surface area is 140 Å². The lowest BCUT2D eigenvalue weighted by molar-refractivity contribution is 0.330. The summed E-state index contributed by atoms with van der Waals surface area (Å²) in [6, 6.07) is 4.85. The third kappa shape index (κ3) is 3.74. The van der Waals surface area contributed by atoms with Crippen LogP contribution in [-0.4, -0.2) is 20.5 Å². The highest BCUT2D eigenvalue weighted by molar-refractivity contribution is 7.99. The second kappa shape index (κ2) is 7.85. The Kier molecular flexibility index (Phi) is 5.58. The molecule has 0 aromatic carbocycles. The Balaban J connectivity index is 1.85. The van der Waals surface area contributed by atoms with E-state index in [1.807, 2.05) is 6.92 Å². The summed E-state index contributed by atoms with van der Waals surface area (Å²) in [5.74, 6) is 7.97. The quantitative estimate of drug-likeness (QED) is 0.595. The van der Waals surface area contributed by atoms with E-state index in [1.165, 1.54) is 37.0 Å². The van der Waals surface area contributed by atoms with E-state index in [2.05, 4.69) is 44.1 Å².